The standard InChI is InChI=1S/C21H21NO5/c1-13-17(18-11-16(25-3)9-10-19(18)22-13)12-20(24)27-21(26-14(2)23)15-7-5-4-6-8-15/h4-11,21-22H,12H2,1-3H3. The van der Waals surface area contributed by atoms with Crippen molar-refractivity contribution in [3.63, 3.8) is 0 Å². The third kappa shape index (κ3) is 4.28. The molecule has 0 amide bonds. The second-order valence-electron chi connectivity index (χ2n) is 6.16. The molecular formula is C21H21NO5. The van der Waals surface area contributed by atoms with Crippen molar-refractivity contribution < 1.29 is 23.8 Å². The van der Waals surface area contributed by atoms with Gasteiger partial charge in [0.25, 0.3) is 6.29 Å². The maximum Gasteiger partial charge on any atom is 0.313 e. The number of aromatic amines is 1. The molecule has 0 aliphatic rings. The number of hydrogen-bond acceptors (Lipinski definition) is 5. The minimum atomic E-state index is -1.07. The highest BCUT2D eigenvalue weighted by Gasteiger charge is 2.21. The Bertz CT molecular complexity index is 961. The number of nitrogens with one attached hydrogen (secondary N) is 1. The molecule has 1 unspecified atom stereocenters. The van der Waals surface area contributed by atoms with E-state index in [0.717, 1.165) is 22.2 Å². The van der Waals surface area contributed by atoms with Crippen LogP contribution in [-0.2, 0) is 25.5 Å². The Balaban J connectivity index is 1.82. The highest BCUT2D eigenvalue weighted by Crippen LogP contribution is 2.28. The van der Waals surface area contributed by atoms with Gasteiger partial charge in [0.15, 0.2) is 0 Å². The van der Waals surface area contributed by atoms with E-state index in [1.165, 1.54) is 6.92 Å². The normalized spacial score (nSPS) is 11.8. The van der Waals surface area contributed by atoms with E-state index in [1.807, 2.05) is 31.2 Å². The monoisotopic (exact) mass is 367 g/mol. The summed E-state index contributed by atoms with van der Waals surface area (Å²) in [5.41, 5.74) is 3.21. The molecule has 140 valence electrons. The van der Waals surface area contributed by atoms with Gasteiger partial charge >= 0.3 is 11.9 Å². The lowest BCUT2D eigenvalue weighted by molar-refractivity contribution is -0.187. The summed E-state index contributed by atoms with van der Waals surface area (Å²) >= 11 is 0. The average Bonchev–Trinajstić information content (AvgIpc) is 2.96. The van der Waals surface area contributed by atoms with Crippen molar-refractivity contribution in [3.05, 3.63) is 65.4 Å². The molecule has 0 saturated heterocycles. The summed E-state index contributed by atoms with van der Waals surface area (Å²) in [7, 11) is 1.60. The van der Waals surface area contributed by atoms with E-state index in [1.54, 1.807) is 31.4 Å². The van der Waals surface area contributed by atoms with Gasteiger partial charge in [0.05, 0.1) is 13.5 Å². The Morgan fingerprint density at radius 2 is 1.81 bits per heavy atom. The Labute approximate surface area is 157 Å². The molecule has 0 aliphatic carbocycles. The average molecular weight is 367 g/mol. The maximum atomic E-state index is 12.6. The molecule has 0 bridgehead atoms. The summed E-state index contributed by atoms with van der Waals surface area (Å²) in [5, 5.41) is 0.896. The van der Waals surface area contributed by atoms with Gasteiger partial charge in [-0.25, -0.2) is 0 Å². The predicted octanol–water partition coefficient (Wildman–Crippen LogP) is 3.83. The third-order valence-corrected chi connectivity index (χ3v) is 4.23. The van der Waals surface area contributed by atoms with Gasteiger partial charge in [-0.1, -0.05) is 30.3 Å². The second kappa shape index (κ2) is 7.95. The molecule has 6 nitrogen and oxygen atoms in total. The van der Waals surface area contributed by atoms with Crippen LogP contribution < -0.4 is 4.74 Å². The minimum absolute atomic E-state index is 0.0452. The number of rotatable bonds is 6. The molecule has 6 heteroatoms. The molecule has 0 fully saturated rings. The van der Waals surface area contributed by atoms with Crippen molar-refractivity contribution in [2.45, 2.75) is 26.6 Å². The summed E-state index contributed by atoms with van der Waals surface area (Å²) in [5.74, 6) is -0.306. The first kappa shape index (κ1) is 18.5. The lowest BCUT2D eigenvalue weighted by Gasteiger charge is -2.18. The molecule has 1 aromatic heterocycles. The van der Waals surface area contributed by atoms with E-state index >= 15 is 0 Å². The molecule has 0 radical (unpaired) electrons. The SMILES string of the molecule is COc1ccc2[nH]c(C)c(CC(=O)OC(OC(C)=O)c3ccccc3)c2c1. The first-order valence-electron chi connectivity index (χ1n) is 8.54. The fourth-order valence-corrected chi connectivity index (χ4v) is 2.94. The minimum Gasteiger partial charge on any atom is -0.497 e. The third-order valence-electron chi connectivity index (χ3n) is 4.23. The molecule has 1 atom stereocenters. The van der Waals surface area contributed by atoms with Gasteiger partial charge in [0, 0.05) is 29.1 Å². The summed E-state index contributed by atoms with van der Waals surface area (Å²) < 4.78 is 15.9. The van der Waals surface area contributed by atoms with Crippen molar-refractivity contribution in [2.75, 3.05) is 7.11 Å². The largest absolute Gasteiger partial charge is 0.497 e. The number of benzene rings is 2. The topological polar surface area (TPSA) is 77.6 Å². The first-order chi connectivity index (χ1) is 13.0. The van der Waals surface area contributed by atoms with Gasteiger partial charge in [-0.15, -0.1) is 0 Å². The Kier molecular flexibility index (Phi) is 5.45. The zero-order chi connectivity index (χ0) is 19.4. The Hall–Kier alpha value is -3.28. The number of carbonyl (C=O) groups excluding carboxylic acids is 2. The van der Waals surface area contributed by atoms with Crippen molar-refractivity contribution in [1.29, 1.82) is 0 Å². The summed E-state index contributed by atoms with van der Waals surface area (Å²) in [6.07, 6.45) is -1.03. The van der Waals surface area contributed by atoms with E-state index in [4.69, 9.17) is 14.2 Å². The van der Waals surface area contributed by atoms with Crippen LogP contribution in [0.25, 0.3) is 10.9 Å². The van der Waals surface area contributed by atoms with Crippen molar-refractivity contribution in [1.82, 2.24) is 4.98 Å². The number of hydrogen-bond donors (Lipinski definition) is 1. The van der Waals surface area contributed by atoms with Crippen molar-refractivity contribution >= 4 is 22.8 Å². The molecular weight excluding hydrogens is 346 g/mol. The van der Waals surface area contributed by atoms with Gasteiger partial charge < -0.3 is 19.2 Å². The van der Waals surface area contributed by atoms with E-state index in [-0.39, 0.29) is 6.42 Å². The van der Waals surface area contributed by atoms with Crippen LogP contribution in [0.3, 0.4) is 0 Å². The van der Waals surface area contributed by atoms with Crippen LogP contribution in [0.4, 0.5) is 0 Å². The van der Waals surface area contributed by atoms with Crippen LogP contribution in [0.15, 0.2) is 48.5 Å². The lowest BCUT2D eigenvalue weighted by Crippen LogP contribution is -2.18. The van der Waals surface area contributed by atoms with Crippen molar-refractivity contribution in [3.8, 4) is 5.75 Å². The molecule has 0 spiro atoms. The molecule has 27 heavy (non-hydrogen) atoms. The van der Waals surface area contributed by atoms with Gasteiger partial charge in [-0.05, 0) is 30.7 Å². The van der Waals surface area contributed by atoms with E-state index in [9.17, 15) is 9.59 Å². The Morgan fingerprint density at radius 3 is 2.48 bits per heavy atom. The fraction of sp³-hybridized carbons (Fsp3) is 0.238. The zero-order valence-electron chi connectivity index (χ0n) is 15.4. The maximum absolute atomic E-state index is 12.6. The van der Waals surface area contributed by atoms with Crippen LogP contribution in [-0.4, -0.2) is 24.0 Å². The molecule has 1 N–H and O–H groups in total. The van der Waals surface area contributed by atoms with Gasteiger partial charge in [-0.2, -0.15) is 0 Å². The van der Waals surface area contributed by atoms with Gasteiger partial charge in [-0.3, -0.25) is 9.59 Å². The molecule has 1 heterocycles. The van der Waals surface area contributed by atoms with Crippen LogP contribution >= 0.6 is 0 Å². The zero-order valence-corrected chi connectivity index (χ0v) is 15.4. The van der Waals surface area contributed by atoms with Gasteiger partial charge in [0.2, 0.25) is 0 Å². The highest BCUT2D eigenvalue weighted by atomic mass is 16.7. The smallest absolute Gasteiger partial charge is 0.313 e. The number of esters is 2. The second-order valence-corrected chi connectivity index (χ2v) is 6.16. The highest BCUT2D eigenvalue weighted by molar-refractivity contribution is 5.89. The molecule has 3 rings (SSSR count). The molecule has 0 aliphatic heterocycles. The Morgan fingerprint density at radius 1 is 1.07 bits per heavy atom. The lowest BCUT2D eigenvalue weighted by atomic mass is 10.1. The number of H-pyrrole nitrogens is 1. The number of carbonyl (C=O) groups is 2. The summed E-state index contributed by atoms with van der Waals surface area (Å²) in [6.45, 7) is 3.18. The van der Waals surface area contributed by atoms with Crippen LogP contribution in [0.5, 0.6) is 5.75 Å². The fourth-order valence-electron chi connectivity index (χ4n) is 2.94. The van der Waals surface area contributed by atoms with E-state index in [0.29, 0.717) is 11.3 Å². The number of methoxy groups -OCH3 is 1. The summed E-state index contributed by atoms with van der Waals surface area (Å²) in [6, 6.07) is 14.5. The van der Waals surface area contributed by atoms with Gasteiger partial charge in [0.1, 0.15) is 5.75 Å². The number of ether oxygens (including phenoxy) is 3. The quantitative estimate of drug-likeness (QED) is 0.529. The number of aryl methyl sites for hydroxylation is 1. The van der Waals surface area contributed by atoms with Crippen LogP contribution in [0.1, 0.15) is 30.0 Å². The van der Waals surface area contributed by atoms with Crippen LogP contribution in [0.2, 0.25) is 0 Å². The predicted molar refractivity (Wildman–Crippen MR) is 100 cm³/mol. The number of fused-ring (bicyclic) bond motifs is 1. The van der Waals surface area contributed by atoms with E-state index < -0.39 is 18.2 Å². The molecule has 2 aromatic carbocycles. The molecule has 3 aromatic rings. The van der Waals surface area contributed by atoms with Crippen molar-refractivity contribution in [2.24, 2.45) is 0 Å². The summed E-state index contributed by atoms with van der Waals surface area (Å²) in [4.78, 5) is 27.2. The van der Waals surface area contributed by atoms with E-state index in [2.05, 4.69) is 4.98 Å². The molecule has 0 saturated carbocycles. The van der Waals surface area contributed by atoms with Crippen LogP contribution in [0, 0.1) is 6.92 Å². The number of aromatic nitrogens is 1. The first-order valence-corrected chi connectivity index (χ1v) is 8.54.